The lowest BCUT2D eigenvalue weighted by molar-refractivity contribution is 0.328. The normalized spacial score (nSPS) is 19.8. The third-order valence-electron chi connectivity index (χ3n) is 3.38. The summed E-state index contributed by atoms with van der Waals surface area (Å²) in [5.41, 5.74) is 0. The van der Waals surface area contributed by atoms with Crippen LogP contribution in [-0.4, -0.2) is 26.8 Å². The van der Waals surface area contributed by atoms with Gasteiger partial charge in [0, 0.05) is 18.6 Å². The summed E-state index contributed by atoms with van der Waals surface area (Å²) in [4.78, 5) is 3.95. The standard InChI is InChI=1S/C12H22N4/c1-11(7-8-16-10-13-9-14-16)15-12-5-3-2-4-6-12/h9-12,15H,2-8H2,1H3. The first kappa shape index (κ1) is 11.6. The van der Waals surface area contributed by atoms with Crippen molar-refractivity contribution in [1.82, 2.24) is 20.1 Å². The summed E-state index contributed by atoms with van der Waals surface area (Å²) in [6.45, 7) is 3.23. The Morgan fingerprint density at radius 2 is 2.19 bits per heavy atom. The maximum atomic E-state index is 4.11. The molecule has 0 radical (unpaired) electrons. The molecule has 0 amide bonds. The highest BCUT2D eigenvalue weighted by Gasteiger charge is 2.15. The number of aromatic nitrogens is 3. The number of nitrogens with zero attached hydrogens (tertiary/aromatic N) is 3. The molecule has 1 saturated carbocycles. The molecule has 1 aromatic rings. The van der Waals surface area contributed by atoms with E-state index in [4.69, 9.17) is 0 Å². The van der Waals surface area contributed by atoms with Crippen molar-refractivity contribution in [3.63, 3.8) is 0 Å². The molecule has 1 N–H and O–H groups in total. The Morgan fingerprint density at radius 1 is 1.38 bits per heavy atom. The monoisotopic (exact) mass is 222 g/mol. The Labute approximate surface area is 97.5 Å². The van der Waals surface area contributed by atoms with E-state index in [1.54, 1.807) is 12.7 Å². The molecule has 1 aromatic heterocycles. The zero-order valence-corrected chi connectivity index (χ0v) is 10.1. The van der Waals surface area contributed by atoms with Crippen LogP contribution in [0.15, 0.2) is 12.7 Å². The molecule has 1 aliphatic carbocycles. The molecule has 1 fully saturated rings. The van der Waals surface area contributed by atoms with Gasteiger partial charge in [0.1, 0.15) is 12.7 Å². The lowest BCUT2D eigenvalue weighted by Gasteiger charge is -2.26. The second kappa shape index (κ2) is 5.99. The van der Waals surface area contributed by atoms with Gasteiger partial charge in [-0.15, -0.1) is 0 Å². The van der Waals surface area contributed by atoms with Gasteiger partial charge in [0.15, 0.2) is 0 Å². The van der Waals surface area contributed by atoms with Gasteiger partial charge in [-0.25, -0.2) is 4.98 Å². The van der Waals surface area contributed by atoms with Crippen molar-refractivity contribution in [3.05, 3.63) is 12.7 Å². The molecule has 90 valence electrons. The predicted octanol–water partition coefficient (Wildman–Crippen LogP) is 1.98. The van der Waals surface area contributed by atoms with Crippen molar-refractivity contribution in [2.24, 2.45) is 0 Å². The highest BCUT2D eigenvalue weighted by molar-refractivity contribution is 4.75. The van der Waals surface area contributed by atoms with Crippen LogP contribution in [0.5, 0.6) is 0 Å². The molecule has 0 bridgehead atoms. The first-order chi connectivity index (χ1) is 7.84. The summed E-state index contributed by atoms with van der Waals surface area (Å²) in [5, 5.41) is 7.83. The highest BCUT2D eigenvalue weighted by Crippen LogP contribution is 2.18. The van der Waals surface area contributed by atoms with Crippen molar-refractivity contribution >= 4 is 0 Å². The lowest BCUT2D eigenvalue weighted by atomic mass is 9.95. The molecule has 0 aromatic carbocycles. The fraction of sp³-hybridized carbons (Fsp3) is 0.833. The third-order valence-corrected chi connectivity index (χ3v) is 3.38. The molecule has 1 heterocycles. The maximum absolute atomic E-state index is 4.11. The Bertz CT molecular complexity index is 277. The smallest absolute Gasteiger partial charge is 0.137 e. The minimum Gasteiger partial charge on any atom is -0.311 e. The van der Waals surface area contributed by atoms with Gasteiger partial charge in [-0.3, -0.25) is 4.68 Å². The van der Waals surface area contributed by atoms with Crippen LogP contribution in [0, 0.1) is 0 Å². The minimum atomic E-state index is 0.576. The van der Waals surface area contributed by atoms with Crippen LogP contribution in [-0.2, 0) is 6.54 Å². The molecule has 0 aliphatic heterocycles. The molecule has 4 nitrogen and oxygen atoms in total. The largest absolute Gasteiger partial charge is 0.311 e. The van der Waals surface area contributed by atoms with Gasteiger partial charge in [0.2, 0.25) is 0 Å². The Balaban J connectivity index is 1.65. The first-order valence-electron chi connectivity index (χ1n) is 6.43. The molecule has 0 spiro atoms. The first-order valence-corrected chi connectivity index (χ1v) is 6.43. The summed E-state index contributed by atoms with van der Waals surface area (Å²) >= 11 is 0. The molecule has 1 unspecified atom stereocenters. The molecular weight excluding hydrogens is 200 g/mol. The van der Waals surface area contributed by atoms with Crippen molar-refractivity contribution < 1.29 is 0 Å². The third kappa shape index (κ3) is 3.59. The number of nitrogens with one attached hydrogen (secondary N) is 1. The quantitative estimate of drug-likeness (QED) is 0.828. The van der Waals surface area contributed by atoms with E-state index in [0.29, 0.717) is 6.04 Å². The zero-order chi connectivity index (χ0) is 11.2. The Hall–Kier alpha value is -0.900. The van der Waals surface area contributed by atoms with E-state index < -0.39 is 0 Å². The summed E-state index contributed by atoms with van der Waals surface area (Å²) in [7, 11) is 0. The zero-order valence-electron chi connectivity index (χ0n) is 10.1. The van der Waals surface area contributed by atoms with Gasteiger partial charge in [-0.05, 0) is 26.2 Å². The van der Waals surface area contributed by atoms with Crippen molar-refractivity contribution in [2.45, 2.75) is 64.1 Å². The fourth-order valence-electron chi connectivity index (χ4n) is 2.43. The number of aryl methyl sites for hydroxylation is 1. The van der Waals surface area contributed by atoms with Gasteiger partial charge in [-0.1, -0.05) is 19.3 Å². The molecule has 0 saturated heterocycles. The minimum absolute atomic E-state index is 0.576. The topological polar surface area (TPSA) is 42.7 Å². The van der Waals surface area contributed by atoms with Gasteiger partial charge in [-0.2, -0.15) is 5.10 Å². The molecule has 1 aliphatic rings. The van der Waals surface area contributed by atoms with Gasteiger partial charge in [0.05, 0.1) is 0 Å². The van der Waals surface area contributed by atoms with Gasteiger partial charge >= 0.3 is 0 Å². The summed E-state index contributed by atoms with van der Waals surface area (Å²) in [6.07, 6.45) is 11.4. The summed E-state index contributed by atoms with van der Waals surface area (Å²) in [5.74, 6) is 0. The van der Waals surface area contributed by atoms with E-state index in [-0.39, 0.29) is 0 Å². The molecule has 2 rings (SSSR count). The molecule has 1 atom stereocenters. The van der Waals surface area contributed by atoms with Crippen LogP contribution in [0.25, 0.3) is 0 Å². The van der Waals surface area contributed by atoms with E-state index in [9.17, 15) is 0 Å². The summed E-state index contributed by atoms with van der Waals surface area (Å²) < 4.78 is 1.90. The number of hydrogen-bond donors (Lipinski definition) is 1. The van der Waals surface area contributed by atoms with E-state index in [1.807, 2.05) is 4.68 Å². The average Bonchev–Trinajstić information content (AvgIpc) is 2.81. The van der Waals surface area contributed by atoms with Crippen molar-refractivity contribution in [3.8, 4) is 0 Å². The van der Waals surface area contributed by atoms with Gasteiger partial charge < -0.3 is 5.32 Å². The molecule has 4 heteroatoms. The van der Waals surface area contributed by atoms with Crippen molar-refractivity contribution in [2.75, 3.05) is 0 Å². The van der Waals surface area contributed by atoms with E-state index in [2.05, 4.69) is 22.3 Å². The van der Waals surface area contributed by atoms with Crippen LogP contribution < -0.4 is 5.32 Å². The van der Waals surface area contributed by atoms with Crippen LogP contribution in [0.2, 0.25) is 0 Å². The van der Waals surface area contributed by atoms with Crippen LogP contribution in [0.3, 0.4) is 0 Å². The average molecular weight is 222 g/mol. The van der Waals surface area contributed by atoms with Gasteiger partial charge in [0.25, 0.3) is 0 Å². The SMILES string of the molecule is CC(CCn1cncn1)NC1CCCCC1. The summed E-state index contributed by atoms with van der Waals surface area (Å²) in [6, 6.07) is 1.33. The lowest BCUT2D eigenvalue weighted by Crippen LogP contribution is -2.38. The number of hydrogen-bond acceptors (Lipinski definition) is 3. The molecular formula is C12H22N4. The second-order valence-corrected chi connectivity index (χ2v) is 4.85. The van der Waals surface area contributed by atoms with Crippen molar-refractivity contribution in [1.29, 1.82) is 0 Å². The van der Waals surface area contributed by atoms with E-state index >= 15 is 0 Å². The van der Waals surface area contributed by atoms with E-state index in [1.165, 1.54) is 32.1 Å². The van der Waals surface area contributed by atoms with Crippen LogP contribution in [0.4, 0.5) is 0 Å². The fourth-order valence-corrected chi connectivity index (χ4v) is 2.43. The second-order valence-electron chi connectivity index (χ2n) is 4.85. The predicted molar refractivity (Wildman–Crippen MR) is 64.1 cm³/mol. The number of rotatable bonds is 5. The van der Waals surface area contributed by atoms with Crippen LogP contribution >= 0.6 is 0 Å². The van der Waals surface area contributed by atoms with Crippen LogP contribution in [0.1, 0.15) is 45.4 Å². The Kier molecular flexibility index (Phi) is 4.34. The van der Waals surface area contributed by atoms with E-state index in [0.717, 1.165) is 19.0 Å². The highest BCUT2D eigenvalue weighted by atomic mass is 15.3. The maximum Gasteiger partial charge on any atom is 0.137 e. The Morgan fingerprint density at radius 3 is 2.88 bits per heavy atom. The molecule has 16 heavy (non-hydrogen) atoms.